The van der Waals surface area contributed by atoms with Gasteiger partial charge in [-0.05, 0) is 37.1 Å². The van der Waals surface area contributed by atoms with Gasteiger partial charge in [0.15, 0.2) is 5.82 Å². The summed E-state index contributed by atoms with van der Waals surface area (Å²) in [6.07, 6.45) is 3.33. The van der Waals surface area contributed by atoms with Crippen LogP contribution in [0.4, 0.5) is 5.82 Å². The second kappa shape index (κ2) is 6.48. The molecule has 2 aromatic carbocycles. The normalized spacial score (nSPS) is 10.5. The van der Waals surface area contributed by atoms with E-state index in [-0.39, 0.29) is 5.56 Å². The van der Waals surface area contributed by atoms with Gasteiger partial charge in [0.25, 0.3) is 5.56 Å². The van der Waals surface area contributed by atoms with Gasteiger partial charge in [-0.1, -0.05) is 42.0 Å². The SMILES string of the molecule is Cc1ccc(CNc2nccn(-c3cccc(C)c3)c2=O)cc1. The fourth-order valence-corrected chi connectivity index (χ4v) is 2.41. The summed E-state index contributed by atoms with van der Waals surface area (Å²) in [4.78, 5) is 16.8. The summed E-state index contributed by atoms with van der Waals surface area (Å²) >= 11 is 0. The fraction of sp³-hybridized carbons (Fsp3) is 0.158. The second-order valence-corrected chi connectivity index (χ2v) is 5.63. The summed E-state index contributed by atoms with van der Waals surface area (Å²) in [5, 5.41) is 3.13. The predicted molar refractivity (Wildman–Crippen MR) is 93.1 cm³/mol. The van der Waals surface area contributed by atoms with Crippen molar-refractivity contribution in [3.05, 3.63) is 88.0 Å². The Balaban J connectivity index is 1.85. The smallest absolute Gasteiger partial charge is 0.297 e. The maximum absolute atomic E-state index is 12.6. The van der Waals surface area contributed by atoms with Gasteiger partial charge < -0.3 is 5.32 Å². The standard InChI is InChI=1S/C19H19N3O/c1-14-6-8-16(9-7-14)13-21-18-19(23)22(11-10-20-18)17-5-3-4-15(2)12-17/h3-12H,13H2,1-2H3,(H,20,21). The average Bonchev–Trinajstić information content (AvgIpc) is 2.55. The number of benzene rings is 2. The third-order valence-electron chi connectivity index (χ3n) is 3.70. The van der Waals surface area contributed by atoms with E-state index in [0.29, 0.717) is 12.4 Å². The molecule has 0 saturated carbocycles. The third kappa shape index (κ3) is 3.48. The van der Waals surface area contributed by atoms with E-state index in [2.05, 4.69) is 29.4 Å². The van der Waals surface area contributed by atoms with E-state index >= 15 is 0 Å². The summed E-state index contributed by atoms with van der Waals surface area (Å²) in [7, 11) is 0. The quantitative estimate of drug-likeness (QED) is 0.803. The summed E-state index contributed by atoms with van der Waals surface area (Å²) in [6.45, 7) is 4.63. The first-order chi connectivity index (χ1) is 11.1. The number of hydrogen-bond donors (Lipinski definition) is 1. The van der Waals surface area contributed by atoms with Crippen LogP contribution in [0, 0.1) is 13.8 Å². The molecule has 0 aliphatic heterocycles. The van der Waals surface area contributed by atoms with Crippen LogP contribution >= 0.6 is 0 Å². The molecule has 0 radical (unpaired) electrons. The van der Waals surface area contributed by atoms with Gasteiger partial charge >= 0.3 is 0 Å². The molecule has 0 unspecified atom stereocenters. The van der Waals surface area contributed by atoms with Crippen LogP contribution in [0.3, 0.4) is 0 Å². The molecule has 3 aromatic rings. The Kier molecular flexibility index (Phi) is 4.24. The first-order valence-corrected chi connectivity index (χ1v) is 7.57. The molecule has 1 aromatic heterocycles. The van der Waals surface area contributed by atoms with E-state index in [4.69, 9.17) is 0 Å². The monoisotopic (exact) mass is 305 g/mol. The lowest BCUT2D eigenvalue weighted by Gasteiger charge is -2.10. The third-order valence-corrected chi connectivity index (χ3v) is 3.70. The lowest BCUT2D eigenvalue weighted by Crippen LogP contribution is -2.23. The molecule has 0 spiro atoms. The van der Waals surface area contributed by atoms with Crippen molar-refractivity contribution in [1.29, 1.82) is 0 Å². The zero-order valence-electron chi connectivity index (χ0n) is 13.3. The van der Waals surface area contributed by atoms with Crippen molar-refractivity contribution in [2.75, 3.05) is 5.32 Å². The van der Waals surface area contributed by atoms with Gasteiger partial charge in [-0.15, -0.1) is 0 Å². The number of hydrogen-bond acceptors (Lipinski definition) is 3. The molecule has 0 amide bonds. The molecule has 116 valence electrons. The van der Waals surface area contributed by atoms with Crippen molar-refractivity contribution in [3.63, 3.8) is 0 Å². The Morgan fingerprint density at radius 3 is 2.57 bits per heavy atom. The highest BCUT2D eigenvalue weighted by atomic mass is 16.1. The highest BCUT2D eigenvalue weighted by Gasteiger charge is 2.06. The highest BCUT2D eigenvalue weighted by Crippen LogP contribution is 2.09. The molecule has 4 nitrogen and oxygen atoms in total. The van der Waals surface area contributed by atoms with E-state index in [9.17, 15) is 4.79 Å². The average molecular weight is 305 g/mol. The fourth-order valence-electron chi connectivity index (χ4n) is 2.41. The summed E-state index contributed by atoms with van der Waals surface area (Å²) in [5.41, 5.74) is 4.14. The van der Waals surface area contributed by atoms with Crippen molar-refractivity contribution < 1.29 is 0 Å². The van der Waals surface area contributed by atoms with Crippen LogP contribution in [-0.2, 0) is 6.54 Å². The van der Waals surface area contributed by atoms with E-state index in [1.807, 2.05) is 43.3 Å². The van der Waals surface area contributed by atoms with E-state index in [1.165, 1.54) is 5.56 Å². The van der Waals surface area contributed by atoms with Crippen molar-refractivity contribution in [3.8, 4) is 5.69 Å². The molecule has 0 atom stereocenters. The van der Waals surface area contributed by atoms with Crippen molar-refractivity contribution in [2.45, 2.75) is 20.4 Å². The largest absolute Gasteiger partial charge is 0.361 e. The molecular weight excluding hydrogens is 286 g/mol. The topological polar surface area (TPSA) is 46.9 Å². The first-order valence-electron chi connectivity index (χ1n) is 7.57. The molecule has 0 aliphatic carbocycles. The molecule has 0 aliphatic rings. The van der Waals surface area contributed by atoms with E-state index in [0.717, 1.165) is 16.8 Å². The number of rotatable bonds is 4. The summed E-state index contributed by atoms with van der Waals surface area (Å²) < 4.78 is 1.61. The zero-order valence-corrected chi connectivity index (χ0v) is 13.3. The second-order valence-electron chi connectivity index (χ2n) is 5.63. The van der Waals surface area contributed by atoms with Gasteiger partial charge in [0.1, 0.15) is 0 Å². The molecule has 0 fully saturated rings. The van der Waals surface area contributed by atoms with Crippen LogP contribution in [0.5, 0.6) is 0 Å². The van der Waals surface area contributed by atoms with Crippen molar-refractivity contribution >= 4 is 5.82 Å². The van der Waals surface area contributed by atoms with Crippen LogP contribution in [0.15, 0.2) is 65.7 Å². The molecule has 1 heterocycles. The number of aromatic nitrogens is 2. The first kappa shape index (κ1) is 15.0. The molecule has 0 bridgehead atoms. The molecule has 23 heavy (non-hydrogen) atoms. The van der Waals surface area contributed by atoms with E-state index in [1.54, 1.807) is 17.0 Å². The van der Waals surface area contributed by atoms with Gasteiger partial charge in [-0.3, -0.25) is 9.36 Å². The Labute approximate surface area is 135 Å². The number of nitrogens with zero attached hydrogens (tertiary/aromatic N) is 2. The molecular formula is C19H19N3O. The molecule has 3 rings (SSSR count). The Morgan fingerprint density at radius 2 is 1.83 bits per heavy atom. The number of aryl methyl sites for hydroxylation is 2. The van der Waals surface area contributed by atoms with Crippen LogP contribution in [0.1, 0.15) is 16.7 Å². The summed E-state index contributed by atoms with van der Waals surface area (Å²) in [6, 6.07) is 16.0. The molecule has 4 heteroatoms. The Morgan fingerprint density at radius 1 is 1.04 bits per heavy atom. The maximum atomic E-state index is 12.6. The minimum atomic E-state index is -0.148. The molecule has 0 saturated heterocycles. The lowest BCUT2D eigenvalue weighted by molar-refractivity contribution is 0.943. The van der Waals surface area contributed by atoms with Crippen LogP contribution in [0.25, 0.3) is 5.69 Å². The number of nitrogens with one attached hydrogen (secondary N) is 1. The van der Waals surface area contributed by atoms with Crippen LogP contribution < -0.4 is 10.9 Å². The van der Waals surface area contributed by atoms with Gasteiger partial charge in [-0.2, -0.15) is 0 Å². The minimum absolute atomic E-state index is 0.148. The van der Waals surface area contributed by atoms with Crippen molar-refractivity contribution in [1.82, 2.24) is 9.55 Å². The predicted octanol–water partition coefficient (Wildman–Crippen LogP) is 3.46. The Hall–Kier alpha value is -2.88. The minimum Gasteiger partial charge on any atom is -0.361 e. The van der Waals surface area contributed by atoms with Crippen molar-refractivity contribution in [2.24, 2.45) is 0 Å². The van der Waals surface area contributed by atoms with E-state index < -0.39 is 0 Å². The maximum Gasteiger partial charge on any atom is 0.297 e. The van der Waals surface area contributed by atoms with Gasteiger partial charge in [-0.25, -0.2) is 4.98 Å². The zero-order chi connectivity index (χ0) is 16.2. The van der Waals surface area contributed by atoms with Gasteiger partial charge in [0.2, 0.25) is 0 Å². The highest BCUT2D eigenvalue weighted by molar-refractivity contribution is 5.40. The van der Waals surface area contributed by atoms with Gasteiger partial charge in [0.05, 0.1) is 0 Å². The molecule has 1 N–H and O–H groups in total. The lowest BCUT2D eigenvalue weighted by atomic mass is 10.1. The Bertz CT molecular complexity index is 866. The van der Waals surface area contributed by atoms with Gasteiger partial charge in [0, 0.05) is 24.6 Å². The summed E-state index contributed by atoms with van der Waals surface area (Å²) in [5.74, 6) is 0.356. The number of anilines is 1. The van der Waals surface area contributed by atoms with Crippen LogP contribution in [0.2, 0.25) is 0 Å². The van der Waals surface area contributed by atoms with Crippen LogP contribution in [-0.4, -0.2) is 9.55 Å².